The zero-order chi connectivity index (χ0) is 12.3. The molecule has 0 atom stereocenters. The van der Waals surface area contributed by atoms with Gasteiger partial charge in [-0.3, -0.25) is 9.48 Å². The van der Waals surface area contributed by atoms with E-state index in [0.717, 1.165) is 11.4 Å². The second kappa shape index (κ2) is 5.01. The summed E-state index contributed by atoms with van der Waals surface area (Å²) in [7, 11) is 0. The molecular weight excluding hydrogens is 238 g/mol. The Morgan fingerprint density at radius 1 is 1.35 bits per heavy atom. The average molecular weight is 250 g/mol. The number of carbonyl (C=O) groups is 1. The summed E-state index contributed by atoms with van der Waals surface area (Å²) in [5, 5.41) is 7.47. The summed E-state index contributed by atoms with van der Waals surface area (Å²) in [4.78, 5) is 11.7. The van der Waals surface area contributed by atoms with Crippen molar-refractivity contribution < 1.29 is 4.79 Å². The van der Waals surface area contributed by atoms with Gasteiger partial charge in [-0.1, -0.05) is 11.6 Å². The zero-order valence-corrected chi connectivity index (χ0v) is 10.1. The molecule has 88 valence electrons. The zero-order valence-electron chi connectivity index (χ0n) is 9.35. The van der Waals surface area contributed by atoms with Gasteiger partial charge in [-0.05, 0) is 37.3 Å². The molecule has 17 heavy (non-hydrogen) atoms. The summed E-state index contributed by atoms with van der Waals surface area (Å²) in [6.45, 7) is 2.12. The first kappa shape index (κ1) is 11.7. The number of hydrogen-bond donors (Lipinski definition) is 1. The third kappa shape index (κ3) is 3.07. The maximum atomic E-state index is 11.7. The van der Waals surface area contributed by atoms with Crippen LogP contribution in [-0.2, 0) is 11.3 Å². The van der Waals surface area contributed by atoms with E-state index in [1.54, 1.807) is 35.1 Å². The standard InChI is InChI=1S/C12H12ClN3O/c1-9-6-7-14-16(9)8-12(17)15-11-4-2-10(13)3-5-11/h2-7H,8H2,1H3,(H,15,17). The fourth-order valence-electron chi connectivity index (χ4n) is 1.43. The van der Waals surface area contributed by atoms with E-state index in [-0.39, 0.29) is 12.5 Å². The van der Waals surface area contributed by atoms with Gasteiger partial charge in [0, 0.05) is 22.6 Å². The molecule has 1 amide bonds. The van der Waals surface area contributed by atoms with Gasteiger partial charge in [-0.15, -0.1) is 0 Å². The van der Waals surface area contributed by atoms with Crippen LogP contribution in [0.3, 0.4) is 0 Å². The molecule has 1 N–H and O–H groups in total. The number of carbonyl (C=O) groups excluding carboxylic acids is 1. The van der Waals surface area contributed by atoms with Gasteiger partial charge >= 0.3 is 0 Å². The van der Waals surface area contributed by atoms with Gasteiger partial charge in [-0.2, -0.15) is 5.10 Å². The van der Waals surface area contributed by atoms with Crippen LogP contribution in [-0.4, -0.2) is 15.7 Å². The first-order valence-corrected chi connectivity index (χ1v) is 5.57. The summed E-state index contributed by atoms with van der Waals surface area (Å²) in [5.41, 5.74) is 1.68. The number of aryl methyl sites for hydroxylation is 1. The SMILES string of the molecule is Cc1ccnn1CC(=O)Nc1ccc(Cl)cc1. The van der Waals surface area contributed by atoms with Crippen molar-refractivity contribution >= 4 is 23.2 Å². The van der Waals surface area contributed by atoms with E-state index in [4.69, 9.17) is 11.6 Å². The van der Waals surface area contributed by atoms with Crippen LogP contribution >= 0.6 is 11.6 Å². The van der Waals surface area contributed by atoms with Crippen LogP contribution in [0.2, 0.25) is 5.02 Å². The molecule has 0 saturated heterocycles. The number of nitrogens with one attached hydrogen (secondary N) is 1. The molecule has 5 heteroatoms. The van der Waals surface area contributed by atoms with Gasteiger partial charge in [-0.25, -0.2) is 0 Å². The molecule has 0 bridgehead atoms. The molecule has 0 saturated carbocycles. The van der Waals surface area contributed by atoms with Crippen molar-refractivity contribution in [2.75, 3.05) is 5.32 Å². The third-order valence-electron chi connectivity index (χ3n) is 2.35. The summed E-state index contributed by atoms with van der Waals surface area (Å²) < 4.78 is 1.64. The lowest BCUT2D eigenvalue weighted by Gasteiger charge is -2.06. The fourth-order valence-corrected chi connectivity index (χ4v) is 1.56. The Bertz CT molecular complexity index is 519. The average Bonchev–Trinajstić information content (AvgIpc) is 2.68. The van der Waals surface area contributed by atoms with Crippen molar-refractivity contribution in [3.05, 3.63) is 47.2 Å². The lowest BCUT2D eigenvalue weighted by Crippen LogP contribution is -2.20. The lowest BCUT2D eigenvalue weighted by atomic mass is 10.3. The summed E-state index contributed by atoms with van der Waals surface area (Å²) in [6.07, 6.45) is 1.67. The number of anilines is 1. The first-order chi connectivity index (χ1) is 8.15. The van der Waals surface area contributed by atoms with Gasteiger partial charge < -0.3 is 5.32 Å². The second-order valence-electron chi connectivity index (χ2n) is 3.69. The highest BCUT2D eigenvalue weighted by atomic mass is 35.5. The van der Waals surface area contributed by atoms with Crippen molar-refractivity contribution in [2.24, 2.45) is 0 Å². The molecule has 2 aromatic rings. The van der Waals surface area contributed by atoms with Gasteiger partial charge in [0.05, 0.1) is 0 Å². The van der Waals surface area contributed by atoms with Crippen LogP contribution in [0.1, 0.15) is 5.69 Å². The molecule has 0 aliphatic rings. The second-order valence-corrected chi connectivity index (χ2v) is 4.12. The normalized spacial score (nSPS) is 10.2. The van der Waals surface area contributed by atoms with Crippen LogP contribution < -0.4 is 5.32 Å². The van der Waals surface area contributed by atoms with Crippen LogP contribution in [0.15, 0.2) is 36.5 Å². The predicted octanol–water partition coefficient (Wildman–Crippen LogP) is 2.48. The van der Waals surface area contributed by atoms with Gasteiger partial charge in [0.1, 0.15) is 6.54 Å². The van der Waals surface area contributed by atoms with E-state index < -0.39 is 0 Å². The highest BCUT2D eigenvalue weighted by Crippen LogP contribution is 2.13. The van der Waals surface area contributed by atoms with Crippen molar-refractivity contribution in [1.29, 1.82) is 0 Å². The first-order valence-electron chi connectivity index (χ1n) is 5.19. The molecule has 4 nitrogen and oxygen atoms in total. The Hall–Kier alpha value is -1.81. The number of nitrogens with zero attached hydrogens (tertiary/aromatic N) is 2. The van der Waals surface area contributed by atoms with Crippen molar-refractivity contribution in [2.45, 2.75) is 13.5 Å². The third-order valence-corrected chi connectivity index (χ3v) is 2.60. The van der Waals surface area contributed by atoms with Crippen molar-refractivity contribution in [3.8, 4) is 0 Å². The Kier molecular flexibility index (Phi) is 3.44. The summed E-state index contributed by atoms with van der Waals surface area (Å²) in [5.74, 6) is -0.112. The minimum Gasteiger partial charge on any atom is -0.324 e. The van der Waals surface area contributed by atoms with Gasteiger partial charge in [0.2, 0.25) is 5.91 Å². The number of hydrogen-bond acceptors (Lipinski definition) is 2. The number of halogens is 1. The van der Waals surface area contributed by atoms with Crippen LogP contribution in [0.5, 0.6) is 0 Å². The number of benzene rings is 1. The van der Waals surface area contributed by atoms with Crippen molar-refractivity contribution in [1.82, 2.24) is 9.78 Å². The molecule has 0 spiro atoms. The van der Waals surface area contributed by atoms with E-state index in [9.17, 15) is 4.79 Å². The van der Waals surface area contributed by atoms with Crippen LogP contribution in [0.4, 0.5) is 5.69 Å². The number of aromatic nitrogens is 2. The molecule has 0 unspecified atom stereocenters. The van der Waals surface area contributed by atoms with Gasteiger partial charge in [0.25, 0.3) is 0 Å². The molecular formula is C12H12ClN3O. The summed E-state index contributed by atoms with van der Waals surface area (Å²) >= 11 is 5.76. The fraction of sp³-hybridized carbons (Fsp3) is 0.167. The molecule has 0 fully saturated rings. The topological polar surface area (TPSA) is 46.9 Å². The monoisotopic (exact) mass is 249 g/mol. The highest BCUT2D eigenvalue weighted by Gasteiger charge is 2.05. The van der Waals surface area contributed by atoms with E-state index in [0.29, 0.717) is 5.02 Å². The summed E-state index contributed by atoms with van der Waals surface area (Å²) in [6, 6.07) is 8.84. The smallest absolute Gasteiger partial charge is 0.246 e. The molecule has 0 radical (unpaired) electrons. The maximum Gasteiger partial charge on any atom is 0.246 e. The van der Waals surface area contributed by atoms with E-state index in [1.165, 1.54) is 0 Å². The lowest BCUT2D eigenvalue weighted by molar-refractivity contribution is -0.116. The minimum absolute atomic E-state index is 0.112. The van der Waals surface area contributed by atoms with E-state index >= 15 is 0 Å². The van der Waals surface area contributed by atoms with Crippen LogP contribution in [0, 0.1) is 6.92 Å². The number of amides is 1. The maximum absolute atomic E-state index is 11.7. The molecule has 1 heterocycles. The van der Waals surface area contributed by atoms with Gasteiger partial charge in [0.15, 0.2) is 0 Å². The molecule has 0 aliphatic carbocycles. The Morgan fingerprint density at radius 2 is 2.06 bits per heavy atom. The van der Waals surface area contributed by atoms with Crippen LogP contribution in [0.25, 0.3) is 0 Å². The Labute approximate surface area is 104 Å². The minimum atomic E-state index is -0.112. The number of rotatable bonds is 3. The Balaban J connectivity index is 1.98. The molecule has 1 aromatic carbocycles. The quantitative estimate of drug-likeness (QED) is 0.909. The highest BCUT2D eigenvalue weighted by molar-refractivity contribution is 6.30. The van der Waals surface area contributed by atoms with Crippen molar-refractivity contribution in [3.63, 3.8) is 0 Å². The predicted molar refractivity (Wildman–Crippen MR) is 67.0 cm³/mol. The largest absolute Gasteiger partial charge is 0.324 e. The molecule has 1 aromatic heterocycles. The molecule has 0 aliphatic heterocycles. The molecule has 2 rings (SSSR count). The van der Waals surface area contributed by atoms with E-state index in [2.05, 4.69) is 10.4 Å². The van der Waals surface area contributed by atoms with E-state index in [1.807, 2.05) is 13.0 Å². The Morgan fingerprint density at radius 3 is 2.65 bits per heavy atom.